The Morgan fingerprint density at radius 1 is 1.32 bits per heavy atom. The van der Waals surface area contributed by atoms with Gasteiger partial charge in [-0.2, -0.15) is 15.4 Å². The number of methoxy groups -OCH3 is 1. The third-order valence-corrected chi connectivity index (χ3v) is 2.44. The highest BCUT2D eigenvalue weighted by atomic mass is 16.5. The van der Waals surface area contributed by atoms with Gasteiger partial charge in [0.2, 0.25) is 0 Å². The van der Waals surface area contributed by atoms with E-state index in [0.29, 0.717) is 5.69 Å². The van der Waals surface area contributed by atoms with E-state index >= 15 is 0 Å². The molecule has 1 aromatic carbocycles. The Bertz CT molecular complexity index is 563. The van der Waals surface area contributed by atoms with Gasteiger partial charge in [0.05, 0.1) is 19.7 Å². The van der Waals surface area contributed by atoms with E-state index in [4.69, 9.17) is 0 Å². The highest BCUT2D eigenvalue weighted by Crippen LogP contribution is 2.11. The molecular weight excluding hydrogens is 248 g/mol. The van der Waals surface area contributed by atoms with Gasteiger partial charge in [0.25, 0.3) is 5.91 Å². The van der Waals surface area contributed by atoms with Crippen molar-refractivity contribution < 1.29 is 14.3 Å². The summed E-state index contributed by atoms with van der Waals surface area (Å²) < 4.78 is 4.57. The number of ether oxygens (including phenoxy) is 1. The van der Waals surface area contributed by atoms with Crippen molar-refractivity contribution >= 4 is 17.6 Å². The minimum absolute atomic E-state index is 0.202. The Hall–Kier alpha value is -2.70. The Labute approximate surface area is 109 Å². The molecule has 7 heteroatoms. The minimum atomic E-state index is -0.352. The van der Waals surface area contributed by atoms with Gasteiger partial charge in [-0.05, 0) is 17.7 Å². The van der Waals surface area contributed by atoms with Gasteiger partial charge in [-0.1, -0.05) is 12.1 Å². The number of nitrogens with zero attached hydrogens (tertiary/aromatic N) is 2. The molecule has 0 spiro atoms. The number of hydrogen-bond donors (Lipinski definition) is 2. The molecule has 2 rings (SSSR count). The van der Waals surface area contributed by atoms with Crippen molar-refractivity contribution in [3.05, 3.63) is 41.7 Å². The Balaban J connectivity index is 1.99. The number of benzene rings is 1. The van der Waals surface area contributed by atoms with E-state index in [2.05, 4.69) is 25.5 Å². The molecule has 2 aromatic rings. The molecule has 0 aliphatic carbocycles. The smallest absolute Gasteiger partial charge is 0.309 e. The summed E-state index contributed by atoms with van der Waals surface area (Å²) in [4.78, 5) is 22.8. The summed E-state index contributed by atoms with van der Waals surface area (Å²) in [6.45, 7) is 0. The summed E-state index contributed by atoms with van der Waals surface area (Å²) in [6.07, 6.45) is 1.54. The summed E-state index contributed by atoms with van der Waals surface area (Å²) >= 11 is 0. The second kappa shape index (κ2) is 5.76. The average Bonchev–Trinajstić information content (AvgIpc) is 2.95. The first-order valence-corrected chi connectivity index (χ1v) is 5.52. The van der Waals surface area contributed by atoms with Crippen molar-refractivity contribution in [2.75, 3.05) is 12.4 Å². The lowest BCUT2D eigenvalue weighted by molar-refractivity contribution is -0.139. The molecule has 0 fully saturated rings. The van der Waals surface area contributed by atoms with Crippen LogP contribution in [0.15, 0.2) is 30.5 Å². The number of aromatic nitrogens is 3. The Morgan fingerprint density at radius 2 is 2.05 bits per heavy atom. The van der Waals surface area contributed by atoms with Crippen molar-refractivity contribution in [2.45, 2.75) is 6.42 Å². The van der Waals surface area contributed by atoms with Crippen LogP contribution in [-0.2, 0) is 16.0 Å². The van der Waals surface area contributed by atoms with Gasteiger partial charge in [-0.25, -0.2) is 0 Å². The molecular formula is C12H12N4O3. The number of nitrogens with one attached hydrogen (secondary N) is 2. The number of rotatable bonds is 4. The average molecular weight is 260 g/mol. The minimum Gasteiger partial charge on any atom is -0.469 e. The third-order valence-electron chi connectivity index (χ3n) is 2.44. The molecule has 0 saturated heterocycles. The molecule has 1 amide bonds. The van der Waals surface area contributed by atoms with E-state index in [1.54, 1.807) is 24.3 Å². The molecule has 0 atom stereocenters. The van der Waals surface area contributed by atoms with Gasteiger partial charge in [0.15, 0.2) is 5.69 Å². The lowest BCUT2D eigenvalue weighted by Crippen LogP contribution is -2.12. The van der Waals surface area contributed by atoms with Crippen LogP contribution >= 0.6 is 0 Å². The predicted molar refractivity (Wildman–Crippen MR) is 66.5 cm³/mol. The molecule has 1 aromatic heterocycles. The van der Waals surface area contributed by atoms with Crippen LogP contribution in [0.3, 0.4) is 0 Å². The van der Waals surface area contributed by atoms with E-state index in [1.165, 1.54) is 13.3 Å². The topological polar surface area (TPSA) is 97.0 Å². The number of amides is 1. The maximum Gasteiger partial charge on any atom is 0.309 e. The molecule has 0 aliphatic heterocycles. The molecule has 0 radical (unpaired) electrons. The second-order valence-corrected chi connectivity index (χ2v) is 3.76. The first-order valence-electron chi connectivity index (χ1n) is 5.52. The van der Waals surface area contributed by atoms with Crippen molar-refractivity contribution in [1.82, 2.24) is 15.4 Å². The van der Waals surface area contributed by atoms with Gasteiger partial charge < -0.3 is 10.1 Å². The van der Waals surface area contributed by atoms with Crippen molar-refractivity contribution in [1.29, 1.82) is 0 Å². The van der Waals surface area contributed by atoms with Crippen molar-refractivity contribution in [2.24, 2.45) is 0 Å². The molecule has 0 aliphatic rings. The molecule has 0 bridgehead atoms. The molecule has 1 heterocycles. The fraction of sp³-hybridized carbons (Fsp3) is 0.167. The fourth-order valence-electron chi connectivity index (χ4n) is 1.45. The summed E-state index contributed by atoms with van der Waals surface area (Å²) in [5.74, 6) is -0.658. The maximum atomic E-state index is 11.7. The van der Waals surface area contributed by atoms with Crippen LogP contribution in [0.25, 0.3) is 0 Å². The largest absolute Gasteiger partial charge is 0.469 e. The zero-order chi connectivity index (χ0) is 13.7. The van der Waals surface area contributed by atoms with Crippen LogP contribution < -0.4 is 5.32 Å². The molecule has 98 valence electrons. The normalized spacial score (nSPS) is 9.95. The quantitative estimate of drug-likeness (QED) is 0.791. The number of H-pyrrole nitrogens is 1. The van der Waals surface area contributed by atoms with Gasteiger partial charge in [0, 0.05) is 5.69 Å². The van der Waals surface area contributed by atoms with Crippen LogP contribution in [0.5, 0.6) is 0 Å². The standard InChI is InChI=1S/C12H12N4O3/c1-19-11(17)6-8-2-4-9(5-3-8)14-12(18)10-7-13-16-15-10/h2-5,7H,6H2,1H3,(H,14,18)(H,13,15,16). The monoisotopic (exact) mass is 260 g/mol. The number of carbonyl (C=O) groups is 2. The Morgan fingerprint density at radius 3 is 2.63 bits per heavy atom. The highest BCUT2D eigenvalue weighted by molar-refractivity contribution is 6.02. The first kappa shape index (κ1) is 12.7. The number of aromatic amines is 1. The van der Waals surface area contributed by atoms with Crippen LogP contribution in [0.2, 0.25) is 0 Å². The van der Waals surface area contributed by atoms with Crippen LogP contribution in [0, 0.1) is 0 Å². The van der Waals surface area contributed by atoms with Gasteiger partial charge in [-0.3, -0.25) is 9.59 Å². The maximum absolute atomic E-state index is 11.7. The summed E-state index contributed by atoms with van der Waals surface area (Å²) in [6, 6.07) is 6.90. The zero-order valence-corrected chi connectivity index (χ0v) is 10.2. The van der Waals surface area contributed by atoms with E-state index < -0.39 is 0 Å². The molecule has 2 N–H and O–H groups in total. The zero-order valence-electron chi connectivity index (χ0n) is 10.2. The molecule has 0 unspecified atom stereocenters. The van der Waals surface area contributed by atoms with E-state index in [9.17, 15) is 9.59 Å². The first-order chi connectivity index (χ1) is 9.19. The van der Waals surface area contributed by atoms with Crippen LogP contribution in [-0.4, -0.2) is 34.4 Å². The van der Waals surface area contributed by atoms with Gasteiger partial charge in [-0.15, -0.1) is 0 Å². The van der Waals surface area contributed by atoms with Crippen LogP contribution in [0.4, 0.5) is 5.69 Å². The van der Waals surface area contributed by atoms with E-state index in [1.807, 2.05) is 0 Å². The van der Waals surface area contributed by atoms with Crippen molar-refractivity contribution in [3.63, 3.8) is 0 Å². The highest BCUT2D eigenvalue weighted by Gasteiger charge is 2.09. The summed E-state index contributed by atoms with van der Waals surface area (Å²) in [5.41, 5.74) is 1.63. The lowest BCUT2D eigenvalue weighted by atomic mass is 10.1. The number of hydrogen-bond acceptors (Lipinski definition) is 5. The van der Waals surface area contributed by atoms with Crippen LogP contribution in [0.1, 0.15) is 16.1 Å². The summed E-state index contributed by atoms with van der Waals surface area (Å²) in [5, 5.41) is 12.2. The van der Waals surface area contributed by atoms with Gasteiger partial charge in [0.1, 0.15) is 0 Å². The second-order valence-electron chi connectivity index (χ2n) is 3.76. The molecule has 7 nitrogen and oxygen atoms in total. The fourth-order valence-corrected chi connectivity index (χ4v) is 1.45. The van der Waals surface area contributed by atoms with Crippen molar-refractivity contribution in [3.8, 4) is 0 Å². The molecule has 19 heavy (non-hydrogen) atoms. The SMILES string of the molecule is COC(=O)Cc1ccc(NC(=O)c2cn[nH]n2)cc1. The predicted octanol–water partition coefficient (Wildman–Crippen LogP) is 0.772. The lowest BCUT2D eigenvalue weighted by Gasteiger charge is -2.04. The van der Waals surface area contributed by atoms with E-state index in [-0.39, 0.29) is 24.0 Å². The number of carbonyl (C=O) groups excluding carboxylic acids is 2. The number of anilines is 1. The number of esters is 1. The Kier molecular flexibility index (Phi) is 3.87. The molecule has 0 saturated carbocycles. The third kappa shape index (κ3) is 3.38. The van der Waals surface area contributed by atoms with Gasteiger partial charge >= 0.3 is 5.97 Å². The summed E-state index contributed by atoms with van der Waals surface area (Å²) in [7, 11) is 1.34. The van der Waals surface area contributed by atoms with E-state index in [0.717, 1.165) is 5.56 Å².